The zero-order valence-corrected chi connectivity index (χ0v) is 12.1. The standard InChI is InChI=1S/C17H22FNO2/c18-13-4-2-12(3-5-13)17(10-1-11-17)16(21)19-14-6-8-15(20)9-7-14/h2-5,14-15,20H,1,6-11H2,(H,19,21). The minimum atomic E-state index is -0.468. The Hall–Kier alpha value is -1.42. The summed E-state index contributed by atoms with van der Waals surface area (Å²) in [7, 11) is 0. The highest BCUT2D eigenvalue weighted by atomic mass is 19.1. The van der Waals surface area contributed by atoms with E-state index in [0.29, 0.717) is 0 Å². The number of hydrogen-bond acceptors (Lipinski definition) is 2. The van der Waals surface area contributed by atoms with Crippen molar-refractivity contribution >= 4 is 5.91 Å². The smallest absolute Gasteiger partial charge is 0.230 e. The Morgan fingerprint density at radius 2 is 1.76 bits per heavy atom. The van der Waals surface area contributed by atoms with Crippen molar-refractivity contribution < 1.29 is 14.3 Å². The average Bonchev–Trinajstić information content (AvgIpc) is 2.42. The highest BCUT2D eigenvalue weighted by Crippen LogP contribution is 2.44. The van der Waals surface area contributed by atoms with E-state index in [1.54, 1.807) is 12.1 Å². The number of aliphatic hydroxyl groups is 1. The fourth-order valence-corrected chi connectivity index (χ4v) is 3.49. The van der Waals surface area contributed by atoms with Gasteiger partial charge < -0.3 is 10.4 Å². The molecule has 1 aromatic carbocycles. The van der Waals surface area contributed by atoms with Gasteiger partial charge in [0.05, 0.1) is 11.5 Å². The van der Waals surface area contributed by atoms with Gasteiger partial charge >= 0.3 is 0 Å². The Morgan fingerprint density at radius 3 is 2.29 bits per heavy atom. The fraction of sp³-hybridized carbons (Fsp3) is 0.588. The molecule has 2 aliphatic carbocycles. The molecule has 0 aromatic heterocycles. The van der Waals surface area contributed by atoms with Crippen LogP contribution in [-0.2, 0) is 10.2 Å². The summed E-state index contributed by atoms with van der Waals surface area (Å²) < 4.78 is 13.1. The van der Waals surface area contributed by atoms with Crippen molar-refractivity contribution in [3.8, 4) is 0 Å². The third-order valence-electron chi connectivity index (χ3n) is 5.07. The number of nitrogens with one attached hydrogen (secondary N) is 1. The molecule has 0 radical (unpaired) electrons. The quantitative estimate of drug-likeness (QED) is 0.899. The number of aliphatic hydroxyl groups excluding tert-OH is 1. The molecule has 4 heteroatoms. The lowest BCUT2D eigenvalue weighted by Crippen LogP contribution is -2.52. The summed E-state index contributed by atoms with van der Waals surface area (Å²) in [6, 6.07) is 6.50. The topological polar surface area (TPSA) is 49.3 Å². The van der Waals surface area contributed by atoms with Crippen LogP contribution < -0.4 is 5.32 Å². The summed E-state index contributed by atoms with van der Waals surface area (Å²) in [5.41, 5.74) is 0.451. The summed E-state index contributed by atoms with van der Waals surface area (Å²) in [6.07, 6.45) is 5.68. The molecular weight excluding hydrogens is 269 g/mol. The van der Waals surface area contributed by atoms with Gasteiger partial charge in [-0.3, -0.25) is 4.79 Å². The minimum Gasteiger partial charge on any atom is -0.393 e. The maximum atomic E-state index is 13.1. The summed E-state index contributed by atoms with van der Waals surface area (Å²) in [5, 5.41) is 12.7. The second-order valence-corrected chi connectivity index (χ2v) is 6.42. The van der Waals surface area contributed by atoms with E-state index in [-0.39, 0.29) is 23.9 Å². The molecule has 0 heterocycles. The number of rotatable bonds is 3. The number of amides is 1. The Balaban J connectivity index is 1.70. The number of carbonyl (C=O) groups excluding carboxylic acids is 1. The molecule has 2 saturated carbocycles. The van der Waals surface area contributed by atoms with Crippen LogP contribution in [0.3, 0.4) is 0 Å². The minimum absolute atomic E-state index is 0.0711. The molecule has 2 aliphatic rings. The first-order valence-electron chi connectivity index (χ1n) is 7.85. The zero-order valence-electron chi connectivity index (χ0n) is 12.1. The van der Waals surface area contributed by atoms with Crippen LogP contribution in [0.5, 0.6) is 0 Å². The van der Waals surface area contributed by atoms with Crippen molar-refractivity contribution in [3.63, 3.8) is 0 Å². The van der Waals surface area contributed by atoms with E-state index in [1.807, 2.05) is 0 Å². The van der Waals surface area contributed by atoms with Gasteiger partial charge in [-0.15, -0.1) is 0 Å². The highest BCUT2D eigenvalue weighted by Gasteiger charge is 2.46. The Bertz CT molecular complexity index is 502. The van der Waals surface area contributed by atoms with Gasteiger partial charge in [0.1, 0.15) is 5.82 Å². The monoisotopic (exact) mass is 291 g/mol. The van der Waals surface area contributed by atoms with Gasteiger partial charge in [-0.2, -0.15) is 0 Å². The molecule has 21 heavy (non-hydrogen) atoms. The summed E-state index contributed by atoms with van der Waals surface area (Å²) >= 11 is 0. The van der Waals surface area contributed by atoms with Gasteiger partial charge in [-0.1, -0.05) is 18.6 Å². The largest absolute Gasteiger partial charge is 0.393 e. The van der Waals surface area contributed by atoms with Crippen molar-refractivity contribution in [2.75, 3.05) is 0 Å². The molecule has 0 unspecified atom stereocenters. The first-order chi connectivity index (χ1) is 10.1. The van der Waals surface area contributed by atoms with Crippen molar-refractivity contribution in [1.29, 1.82) is 0 Å². The van der Waals surface area contributed by atoms with Crippen molar-refractivity contribution in [2.24, 2.45) is 0 Å². The first kappa shape index (κ1) is 14.5. The van der Waals surface area contributed by atoms with Gasteiger partial charge in [0, 0.05) is 6.04 Å². The highest BCUT2D eigenvalue weighted by molar-refractivity contribution is 5.89. The van der Waals surface area contributed by atoms with Crippen LogP contribution >= 0.6 is 0 Å². The molecular formula is C17H22FNO2. The molecule has 1 amide bonds. The third kappa shape index (κ3) is 2.82. The molecule has 3 rings (SSSR count). The van der Waals surface area contributed by atoms with Crippen LogP contribution in [0, 0.1) is 5.82 Å². The molecule has 0 atom stereocenters. The molecule has 114 valence electrons. The Morgan fingerprint density at radius 1 is 1.14 bits per heavy atom. The SMILES string of the molecule is O=C(NC1CCC(O)CC1)C1(c2ccc(F)cc2)CCC1. The zero-order chi connectivity index (χ0) is 14.9. The molecule has 0 saturated heterocycles. The van der Waals surface area contributed by atoms with Crippen LogP contribution in [0.2, 0.25) is 0 Å². The maximum Gasteiger partial charge on any atom is 0.230 e. The average molecular weight is 291 g/mol. The Kier molecular flexibility index (Phi) is 3.98. The van der Waals surface area contributed by atoms with Gasteiger partial charge in [-0.05, 0) is 56.2 Å². The second-order valence-electron chi connectivity index (χ2n) is 6.42. The van der Waals surface area contributed by atoms with Gasteiger partial charge in [0.15, 0.2) is 0 Å². The van der Waals surface area contributed by atoms with E-state index in [0.717, 1.165) is 50.5 Å². The number of benzene rings is 1. The van der Waals surface area contributed by atoms with E-state index in [2.05, 4.69) is 5.32 Å². The molecule has 0 spiro atoms. The van der Waals surface area contributed by atoms with E-state index in [1.165, 1.54) is 12.1 Å². The van der Waals surface area contributed by atoms with Crippen LogP contribution in [0.1, 0.15) is 50.5 Å². The van der Waals surface area contributed by atoms with Crippen molar-refractivity contribution in [3.05, 3.63) is 35.6 Å². The molecule has 2 fully saturated rings. The summed E-state index contributed by atoms with van der Waals surface area (Å²) in [4.78, 5) is 12.7. The van der Waals surface area contributed by atoms with Crippen molar-refractivity contribution in [2.45, 2.75) is 62.5 Å². The molecule has 0 bridgehead atoms. The first-order valence-corrected chi connectivity index (χ1v) is 7.85. The maximum absolute atomic E-state index is 13.1. The normalized spacial score (nSPS) is 27.7. The predicted molar refractivity (Wildman–Crippen MR) is 78.3 cm³/mol. The van der Waals surface area contributed by atoms with Gasteiger partial charge in [-0.25, -0.2) is 4.39 Å². The van der Waals surface area contributed by atoms with Crippen LogP contribution in [0.4, 0.5) is 4.39 Å². The lowest BCUT2D eigenvalue weighted by Gasteiger charge is -2.42. The fourth-order valence-electron chi connectivity index (χ4n) is 3.49. The van der Waals surface area contributed by atoms with Gasteiger partial charge in [0.25, 0.3) is 0 Å². The number of halogens is 1. The van der Waals surface area contributed by atoms with Crippen molar-refractivity contribution in [1.82, 2.24) is 5.32 Å². The second kappa shape index (κ2) is 5.76. The van der Waals surface area contributed by atoms with E-state index >= 15 is 0 Å². The number of carbonyl (C=O) groups is 1. The molecule has 1 aromatic rings. The summed E-state index contributed by atoms with van der Waals surface area (Å²) in [6.45, 7) is 0. The molecule has 3 nitrogen and oxygen atoms in total. The number of hydrogen-bond donors (Lipinski definition) is 2. The third-order valence-corrected chi connectivity index (χ3v) is 5.07. The van der Waals surface area contributed by atoms with E-state index < -0.39 is 5.41 Å². The van der Waals surface area contributed by atoms with Crippen LogP contribution in [0.15, 0.2) is 24.3 Å². The predicted octanol–water partition coefficient (Wildman–Crippen LogP) is 2.67. The lowest BCUT2D eigenvalue weighted by molar-refractivity contribution is -0.131. The Labute approximate surface area is 124 Å². The van der Waals surface area contributed by atoms with Gasteiger partial charge in [0.2, 0.25) is 5.91 Å². The van der Waals surface area contributed by atoms with E-state index in [9.17, 15) is 14.3 Å². The van der Waals surface area contributed by atoms with E-state index in [4.69, 9.17) is 0 Å². The van der Waals surface area contributed by atoms with Crippen LogP contribution in [-0.4, -0.2) is 23.2 Å². The van der Waals surface area contributed by atoms with Crippen LogP contribution in [0.25, 0.3) is 0 Å². The molecule has 0 aliphatic heterocycles. The summed E-state index contributed by atoms with van der Waals surface area (Å²) in [5.74, 6) is -0.198. The molecule has 2 N–H and O–H groups in total. The lowest BCUT2D eigenvalue weighted by atomic mass is 9.63.